The van der Waals surface area contributed by atoms with E-state index in [9.17, 15) is 14.4 Å². The van der Waals surface area contributed by atoms with Gasteiger partial charge in [-0.3, -0.25) is 4.79 Å². The number of carbonyl (C=O) groups is 3. The molecule has 8 nitrogen and oxygen atoms in total. The molecule has 0 fully saturated rings. The molecule has 1 heterocycles. The van der Waals surface area contributed by atoms with E-state index >= 15 is 0 Å². The molecule has 1 aliphatic heterocycles. The van der Waals surface area contributed by atoms with Gasteiger partial charge in [-0.2, -0.15) is 0 Å². The number of esters is 2. The Balaban J connectivity index is 2.57. The van der Waals surface area contributed by atoms with Gasteiger partial charge in [0.25, 0.3) is 0 Å². The molecule has 1 N–H and O–H groups in total. The molecule has 0 spiro atoms. The molecule has 0 bridgehead atoms. The Morgan fingerprint density at radius 3 is 2.44 bits per heavy atom. The summed E-state index contributed by atoms with van der Waals surface area (Å²) in [7, 11) is 2.46. The van der Waals surface area contributed by atoms with Crippen molar-refractivity contribution in [2.45, 2.75) is 13.8 Å². The SMILES string of the molecule is COC(=O)C1=C(C(=O)OC)N(c2cc(NC(C)=O)ccc2C)COC1. The average Bonchev–Trinajstić information content (AvgIpc) is 2.60. The number of nitrogens with one attached hydrogen (secondary N) is 1. The Bertz CT molecular complexity index is 741. The van der Waals surface area contributed by atoms with E-state index in [0.717, 1.165) is 5.56 Å². The second kappa shape index (κ2) is 7.80. The predicted octanol–water partition coefficient (Wildman–Crippen LogP) is 1.35. The van der Waals surface area contributed by atoms with Crippen LogP contribution in [-0.4, -0.2) is 45.4 Å². The van der Waals surface area contributed by atoms with Gasteiger partial charge in [0.15, 0.2) is 0 Å². The Morgan fingerprint density at radius 1 is 1.16 bits per heavy atom. The normalized spacial score (nSPS) is 14.2. The molecule has 25 heavy (non-hydrogen) atoms. The van der Waals surface area contributed by atoms with Crippen LogP contribution in [0, 0.1) is 6.92 Å². The molecule has 1 aromatic rings. The summed E-state index contributed by atoms with van der Waals surface area (Å²) in [4.78, 5) is 37.1. The molecule has 0 unspecified atom stereocenters. The summed E-state index contributed by atoms with van der Waals surface area (Å²) in [5, 5.41) is 2.68. The lowest BCUT2D eigenvalue weighted by Gasteiger charge is -2.32. The number of nitrogens with zero attached hydrogens (tertiary/aromatic N) is 1. The molecule has 0 atom stereocenters. The summed E-state index contributed by atoms with van der Waals surface area (Å²) in [6.45, 7) is 3.24. The van der Waals surface area contributed by atoms with Gasteiger partial charge in [0, 0.05) is 18.3 Å². The van der Waals surface area contributed by atoms with Gasteiger partial charge in [0.1, 0.15) is 12.4 Å². The number of hydrogen-bond donors (Lipinski definition) is 1. The molecular weight excluding hydrogens is 328 g/mol. The largest absolute Gasteiger partial charge is 0.466 e. The molecule has 0 radical (unpaired) electrons. The lowest BCUT2D eigenvalue weighted by molar-refractivity contribution is -0.140. The van der Waals surface area contributed by atoms with Gasteiger partial charge < -0.3 is 24.4 Å². The minimum atomic E-state index is -0.673. The van der Waals surface area contributed by atoms with Gasteiger partial charge in [-0.15, -0.1) is 0 Å². The Labute approximate surface area is 145 Å². The topological polar surface area (TPSA) is 94.2 Å². The van der Waals surface area contributed by atoms with E-state index in [0.29, 0.717) is 11.4 Å². The van der Waals surface area contributed by atoms with Gasteiger partial charge in [0.2, 0.25) is 5.91 Å². The molecule has 134 valence electrons. The molecule has 1 aromatic carbocycles. The second-order valence-corrected chi connectivity index (χ2v) is 5.40. The van der Waals surface area contributed by atoms with Crippen LogP contribution in [0.25, 0.3) is 0 Å². The molecule has 1 amide bonds. The molecule has 1 aliphatic rings. The van der Waals surface area contributed by atoms with Gasteiger partial charge in [-0.25, -0.2) is 9.59 Å². The van der Waals surface area contributed by atoms with Crippen molar-refractivity contribution in [3.05, 3.63) is 35.0 Å². The third-order valence-corrected chi connectivity index (χ3v) is 3.65. The van der Waals surface area contributed by atoms with Gasteiger partial charge in [-0.05, 0) is 24.6 Å². The maximum Gasteiger partial charge on any atom is 0.355 e. The number of ether oxygens (including phenoxy) is 3. The highest BCUT2D eigenvalue weighted by Gasteiger charge is 2.33. The van der Waals surface area contributed by atoms with Crippen molar-refractivity contribution < 1.29 is 28.6 Å². The van der Waals surface area contributed by atoms with Crippen LogP contribution < -0.4 is 10.2 Å². The van der Waals surface area contributed by atoms with Crippen LogP contribution in [0.4, 0.5) is 11.4 Å². The number of anilines is 2. The summed E-state index contributed by atoms with van der Waals surface area (Å²) >= 11 is 0. The highest BCUT2D eigenvalue weighted by atomic mass is 16.5. The first kappa shape index (κ1) is 18.5. The standard InChI is InChI=1S/C17H20N2O6/c1-10-5-6-12(18-11(2)20)7-14(10)19-9-25-8-13(16(21)23-3)15(19)17(22)24-4/h5-7H,8-9H2,1-4H3,(H,18,20). The van der Waals surface area contributed by atoms with Crippen molar-refractivity contribution in [1.82, 2.24) is 0 Å². The summed E-state index contributed by atoms with van der Waals surface area (Å²) in [5.74, 6) is -1.56. The van der Waals surface area contributed by atoms with Crippen LogP contribution in [0.3, 0.4) is 0 Å². The molecule has 2 rings (SSSR count). The van der Waals surface area contributed by atoms with Crippen LogP contribution in [-0.2, 0) is 28.6 Å². The molecule has 8 heteroatoms. The van der Waals surface area contributed by atoms with E-state index in [-0.39, 0.29) is 30.5 Å². The Kier molecular flexibility index (Phi) is 5.76. The lowest BCUT2D eigenvalue weighted by Crippen LogP contribution is -2.39. The summed E-state index contributed by atoms with van der Waals surface area (Å²) in [5.41, 5.74) is 2.12. The minimum Gasteiger partial charge on any atom is -0.466 e. The van der Waals surface area contributed by atoms with Crippen molar-refractivity contribution in [3.63, 3.8) is 0 Å². The van der Waals surface area contributed by atoms with Crippen molar-refractivity contribution in [2.75, 3.05) is 37.8 Å². The minimum absolute atomic E-state index is 0.0509. The molecule has 0 saturated carbocycles. The fourth-order valence-electron chi connectivity index (χ4n) is 2.51. The number of carbonyl (C=O) groups excluding carboxylic acids is 3. The third kappa shape index (κ3) is 3.97. The summed E-state index contributed by atoms with van der Waals surface area (Å²) in [6.07, 6.45) is 0. The number of hydrogen-bond acceptors (Lipinski definition) is 7. The first-order valence-electron chi connectivity index (χ1n) is 7.52. The van der Waals surface area contributed by atoms with Gasteiger partial charge >= 0.3 is 11.9 Å². The van der Waals surface area contributed by atoms with Gasteiger partial charge in [0.05, 0.1) is 26.4 Å². The molecular formula is C17H20N2O6. The first-order valence-corrected chi connectivity index (χ1v) is 7.52. The number of aryl methyl sites for hydroxylation is 1. The monoisotopic (exact) mass is 348 g/mol. The van der Waals surface area contributed by atoms with Crippen LogP contribution in [0.2, 0.25) is 0 Å². The van der Waals surface area contributed by atoms with Crippen LogP contribution in [0.1, 0.15) is 12.5 Å². The summed E-state index contributed by atoms with van der Waals surface area (Å²) < 4.78 is 15.0. The van der Waals surface area contributed by atoms with Crippen molar-refractivity contribution >= 4 is 29.2 Å². The van der Waals surface area contributed by atoms with Crippen LogP contribution in [0.5, 0.6) is 0 Å². The molecule has 0 saturated heterocycles. The van der Waals surface area contributed by atoms with E-state index in [1.54, 1.807) is 18.2 Å². The fourth-order valence-corrected chi connectivity index (χ4v) is 2.51. The smallest absolute Gasteiger partial charge is 0.355 e. The third-order valence-electron chi connectivity index (χ3n) is 3.65. The predicted molar refractivity (Wildman–Crippen MR) is 89.8 cm³/mol. The number of methoxy groups -OCH3 is 2. The van der Waals surface area contributed by atoms with E-state index in [2.05, 4.69) is 5.32 Å². The molecule has 0 aromatic heterocycles. The Hall–Kier alpha value is -2.87. The highest BCUT2D eigenvalue weighted by Crippen LogP contribution is 2.31. The second-order valence-electron chi connectivity index (χ2n) is 5.40. The Morgan fingerprint density at radius 2 is 1.84 bits per heavy atom. The number of rotatable bonds is 4. The van der Waals surface area contributed by atoms with E-state index in [1.807, 2.05) is 6.92 Å². The average molecular weight is 348 g/mol. The quantitative estimate of drug-likeness (QED) is 0.821. The molecule has 0 aliphatic carbocycles. The van der Waals surface area contributed by atoms with Crippen LogP contribution in [0.15, 0.2) is 29.5 Å². The maximum absolute atomic E-state index is 12.3. The lowest BCUT2D eigenvalue weighted by atomic mass is 10.1. The zero-order valence-electron chi connectivity index (χ0n) is 14.5. The first-order chi connectivity index (χ1) is 11.9. The van der Waals surface area contributed by atoms with Crippen molar-refractivity contribution in [1.29, 1.82) is 0 Å². The van der Waals surface area contributed by atoms with Crippen molar-refractivity contribution in [2.24, 2.45) is 0 Å². The van der Waals surface area contributed by atoms with Crippen molar-refractivity contribution in [3.8, 4) is 0 Å². The van der Waals surface area contributed by atoms with Crippen LogP contribution >= 0.6 is 0 Å². The fraction of sp³-hybridized carbons (Fsp3) is 0.353. The summed E-state index contributed by atoms with van der Waals surface area (Å²) in [6, 6.07) is 5.24. The zero-order chi connectivity index (χ0) is 18.6. The van der Waals surface area contributed by atoms with Gasteiger partial charge in [-0.1, -0.05) is 6.07 Å². The van der Waals surface area contributed by atoms with E-state index in [4.69, 9.17) is 14.2 Å². The highest BCUT2D eigenvalue weighted by molar-refractivity contribution is 6.03. The van der Waals surface area contributed by atoms with E-state index in [1.165, 1.54) is 26.0 Å². The number of benzene rings is 1. The van der Waals surface area contributed by atoms with E-state index < -0.39 is 11.9 Å². The number of amides is 1. The zero-order valence-corrected chi connectivity index (χ0v) is 14.5. The maximum atomic E-state index is 12.3.